The van der Waals surface area contributed by atoms with Gasteiger partial charge < -0.3 is 11.1 Å². The molecule has 0 saturated carbocycles. The maximum atomic E-state index is 11.1. The summed E-state index contributed by atoms with van der Waals surface area (Å²) in [5.74, 6) is 0.820. The van der Waals surface area contributed by atoms with Crippen molar-refractivity contribution in [3.63, 3.8) is 0 Å². The van der Waals surface area contributed by atoms with E-state index in [-0.39, 0.29) is 11.8 Å². The van der Waals surface area contributed by atoms with Gasteiger partial charge in [0.25, 0.3) is 0 Å². The predicted octanol–water partition coefficient (Wildman–Crippen LogP) is 0.821. The summed E-state index contributed by atoms with van der Waals surface area (Å²) in [6, 6.07) is 4.03. The average Bonchev–Trinajstić information content (AvgIpc) is 2.40. The number of carbonyl (C=O) groups is 1. The van der Waals surface area contributed by atoms with E-state index in [2.05, 4.69) is 21.3 Å². The molecule has 0 aliphatic carbocycles. The topological polar surface area (TPSA) is 71.2 Å². The Morgan fingerprint density at radius 1 is 1.56 bits per heavy atom. The van der Waals surface area contributed by atoms with Crippen LogP contribution in [0, 0.1) is 5.92 Å². The molecule has 0 aromatic carbocycles. The number of nitrogens with two attached hydrogens (primary N) is 1. The lowest BCUT2D eigenvalue weighted by Crippen LogP contribution is -2.38. The summed E-state index contributed by atoms with van der Waals surface area (Å²) in [6.07, 6.45) is 3.52. The van der Waals surface area contributed by atoms with Crippen molar-refractivity contribution in [2.45, 2.75) is 19.4 Å². The van der Waals surface area contributed by atoms with E-state index in [1.54, 1.807) is 6.20 Å². The number of rotatable bonds is 4. The van der Waals surface area contributed by atoms with Crippen LogP contribution >= 0.6 is 0 Å². The van der Waals surface area contributed by atoms with E-state index in [0.29, 0.717) is 0 Å². The highest BCUT2D eigenvalue weighted by Gasteiger charge is 2.23. The van der Waals surface area contributed by atoms with Crippen molar-refractivity contribution in [2.75, 3.05) is 25.5 Å². The minimum Gasteiger partial charge on any atom is -0.373 e. The molecule has 1 fully saturated rings. The molecule has 5 heteroatoms. The molecule has 3 N–H and O–H groups in total. The highest BCUT2D eigenvalue weighted by Crippen LogP contribution is 2.20. The van der Waals surface area contributed by atoms with E-state index >= 15 is 0 Å². The zero-order chi connectivity index (χ0) is 13.0. The Balaban J connectivity index is 1.93. The highest BCUT2D eigenvalue weighted by atomic mass is 16.1. The fourth-order valence-electron chi connectivity index (χ4n) is 2.41. The van der Waals surface area contributed by atoms with Gasteiger partial charge in [0.1, 0.15) is 5.82 Å². The smallest absolute Gasteiger partial charge is 0.220 e. The number of primary amides is 1. The second-order valence-electron chi connectivity index (χ2n) is 4.71. The van der Waals surface area contributed by atoms with Crippen LogP contribution in [0.5, 0.6) is 0 Å². The minimum atomic E-state index is -0.160. The molecule has 1 aromatic rings. The van der Waals surface area contributed by atoms with Crippen LogP contribution in [-0.2, 0) is 11.3 Å². The van der Waals surface area contributed by atoms with Gasteiger partial charge in [-0.1, -0.05) is 6.07 Å². The van der Waals surface area contributed by atoms with Gasteiger partial charge in [0, 0.05) is 31.3 Å². The second-order valence-corrected chi connectivity index (χ2v) is 4.71. The molecule has 1 aromatic heterocycles. The number of hydrogen-bond donors (Lipinski definition) is 2. The summed E-state index contributed by atoms with van der Waals surface area (Å²) in [5, 5.41) is 3.10. The van der Waals surface area contributed by atoms with Crippen molar-refractivity contribution in [3.05, 3.63) is 23.9 Å². The minimum absolute atomic E-state index is 0.0546. The van der Waals surface area contributed by atoms with Crippen molar-refractivity contribution in [1.29, 1.82) is 0 Å². The Hall–Kier alpha value is -1.62. The van der Waals surface area contributed by atoms with E-state index in [9.17, 15) is 4.79 Å². The number of nitrogens with one attached hydrogen (secondary N) is 1. The number of carbonyl (C=O) groups excluding carboxylic acids is 1. The third-order valence-electron chi connectivity index (χ3n) is 3.51. The lowest BCUT2D eigenvalue weighted by molar-refractivity contribution is -0.123. The fourth-order valence-corrected chi connectivity index (χ4v) is 2.41. The first kappa shape index (κ1) is 12.8. The van der Waals surface area contributed by atoms with Crippen LogP contribution in [0.3, 0.4) is 0 Å². The van der Waals surface area contributed by atoms with Crippen LogP contribution in [-0.4, -0.2) is 35.9 Å². The van der Waals surface area contributed by atoms with Crippen LogP contribution in [0.15, 0.2) is 18.3 Å². The number of amides is 1. The fraction of sp³-hybridized carbons (Fsp3) is 0.538. The van der Waals surface area contributed by atoms with Gasteiger partial charge in [-0.05, 0) is 32.0 Å². The Labute approximate surface area is 107 Å². The van der Waals surface area contributed by atoms with Gasteiger partial charge in [-0.25, -0.2) is 4.98 Å². The molecule has 2 heterocycles. The Morgan fingerprint density at radius 3 is 2.89 bits per heavy atom. The zero-order valence-electron chi connectivity index (χ0n) is 10.7. The van der Waals surface area contributed by atoms with Gasteiger partial charge in [-0.15, -0.1) is 0 Å². The van der Waals surface area contributed by atoms with Crippen LogP contribution < -0.4 is 11.1 Å². The van der Waals surface area contributed by atoms with E-state index in [1.165, 1.54) is 5.56 Å². The summed E-state index contributed by atoms with van der Waals surface area (Å²) in [5.41, 5.74) is 6.53. The highest BCUT2D eigenvalue weighted by molar-refractivity contribution is 5.76. The lowest BCUT2D eigenvalue weighted by Gasteiger charge is -2.30. The summed E-state index contributed by atoms with van der Waals surface area (Å²) in [4.78, 5) is 17.7. The zero-order valence-corrected chi connectivity index (χ0v) is 10.7. The van der Waals surface area contributed by atoms with Crippen molar-refractivity contribution in [2.24, 2.45) is 11.7 Å². The Bertz CT molecular complexity index is 413. The van der Waals surface area contributed by atoms with Gasteiger partial charge in [0.15, 0.2) is 0 Å². The van der Waals surface area contributed by atoms with E-state index in [0.717, 1.165) is 38.3 Å². The maximum Gasteiger partial charge on any atom is 0.220 e. The summed E-state index contributed by atoms with van der Waals surface area (Å²) in [6.45, 7) is 2.72. The Kier molecular flexibility index (Phi) is 4.15. The molecule has 98 valence electrons. The Morgan fingerprint density at radius 2 is 2.28 bits per heavy atom. The number of aromatic nitrogens is 1. The monoisotopic (exact) mass is 248 g/mol. The molecular weight excluding hydrogens is 228 g/mol. The number of nitrogens with zero attached hydrogens (tertiary/aromatic N) is 2. The summed E-state index contributed by atoms with van der Waals surface area (Å²) >= 11 is 0. The van der Waals surface area contributed by atoms with Crippen LogP contribution in [0.2, 0.25) is 0 Å². The van der Waals surface area contributed by atoms with Crippen molar-refractivity contribution in [1.82, 2.24) is 9.88 Å². The number of piperidine rings is 1. The van der Waals surface area contributed by atoms with Crippen molar-refractivity contribution in [3.8, 4) is 0 Å². The SMILES string of the molecule is CNc1ncccc1CN1CCC(C(N)=O)CC1. The van der Waals surface area contributed by atoms with E-state index in [4.69, 9.17) is 5.73 Å². The largest absolute Gasteiger partial charge is 0.373 e. The molecule has 1 aliphatic heterocycles. The van der Waals surface area contributed by atoms with E-state index < -0.39 is 0 Å². The number of hydrogen-bond acceptors (Lipinski definition) is 4. The van der Waals surface area contributed by atoms with Crippen LogP contribution in [0.25, 0.3) is 0 Å². The second kappa shape index (κ2) is 5.82. The lowest BCUT2D eigenvalue weighted by atomic mass is 9.96. The molecule has 0 atom stereocenters. The first-order valence-corrected chi connectivity index (χ1v) is 6.34. The molecule has 1 saturated heterocycles. The third kappa shape index (κ3) is 2.98. The summed E-state index contributed by atoms with van der Waals surface area (Å²) in [7, 11) is 1.88. The molecule has 0 spiro atoms. The van der Waals surface area contributed by atoms with Gasteiger partial charge in [-0.3, -0.25) is 9.69 Å². The summed E-state index contributed by atoms with van der Waals surface area (Å²) < 4.78 is 0. The van der Waals surface area contributed by atoms with Crippen molar-refractivity contribution >= 4 is 11.7 Å². The van der Waals surface area contributed by atoms with Gasteiger partial charge in [-0.2, -0.15) is 0 Å². The van der Waals surface area contributed by atoms with Crippen LogP contribution in [0.4, 0.5) is 5.82 Å². The average molecular weight is 248 g/mol. The number of anilines is 1. The predicted molar refractivity (Wildman–Crippen MR) is 71.0 cm³/mol. The third-order valence-corrected chi connectivity index (χ3v) is 3.51. The van der Waals surface area contributed by atoms with E-state index in [1.807, 2.05) is 13.1 Å². The first-order chi connectivity index (χ1) is 8.70. The molecule has 1 aliphatic rings. The normalized spacial score (nSPS) is 17.6. The first-order valence-electron chi connectivity index (χ1n) is 6.34. The molecular formula is C13H20N4O. The molecule has 5 nitrogen and oxygen atoms in total. The number of likely N-dealkylation sites (tertiary alicyclic amines) is 1. The van der Waals surface area contributed by atoms with Crippen molar-refractivity contribution < 1.29 is 4.79 Å². The molecule has 0 unspecified atom stereocenters. The van der Waals surface area contributed by atoms with Gasteiger partial charge >= 0.3 is 0 Å². The standard InChI is InChI=1S/C13H20N4O/c1-15-13-11(3-2-6-16-13)9-17-7-4-10(5-8-17)12(14)18/h2-3,6,10H,4-5,7-9H2,1H3,(H2,14,18)(H,15,16). The maximum absolute atomic E-state index is 11.1. The molecule has 0 radical (unpaired) electrons. The number of pyridine rings is 1. The molecule has 18 heavy (non-hydrogen) atoms. The molecule has 1 amide bonds. The molecule has 2 rings (SSSR count). The van der Waals surface area contributed by atoms with Gasteiger partial charge in [0.05, 0.1) is 0 Å². The van der Waals surface area contributed by atoms with Gasteiger partial charge in [0.2, 0.25) is 5.91 Å². The molecule has 0 bridgehead atoms. The quantitative estimate of drug-likeness (QED) is 0.827. The van der Waals surface area contributed by atoms with Crippen LogP contribution in [0.1, 0.15) is 18.4 Å².